The Labute approximate surface area is 122 Å². The maximum Gasteiger partial charge on any atom is 0.333 e. The summed E-state index contributed by atoms with van der Waals surface area (Å²) in [7, 11) is 0. The van der Waals surface area contributed by atoms with Gasteiger partial charge in [0.25, 0.3) is 0 Å². The summed E-state index contributed by atoms with van der Waals surface area (Å²) in [6, 6.07) is 0. The number of hydrogen-bond acceptors (Lipinski definition) is 4. The molecule has 0 bridgehead atoms. The van der Waals surface area contributed by atoms with Gasteiger partial charge in [-0.3, -0.25) is 5.41 Å². The zero-order chi connectivity index (χ0) is 15.3. The Morgan fingerprint density at radius 3 is 2.05 bits per heavy atom. The molecule has 1 fully saturated rings. The number of nitrogens with one attached hydrogen (secondary N) is 1. The molecule has 1 saturated carbocycles. The molecule has 0 amide bonds. The lowest BCUT2D eigenvalue weighted by atomic mass is 9.89. The van der Waals surface area contributed by atoms with Crippen LogP contribution in [0.4, 0.5) is 0 Å². The van der Waals surface area contributed by atoms with Gasteiger partial charge >= 0.3 is 5.97 Å². The van der Waals surface area contributed by atoms with Crippen molar-refractivity contribution >= 4 is 11.9 Å². The van der Waals surface area contributed by atoms with E-state index in [-0.39, 0.29) is 23.6 Å². The molecule has 1 N–H and O–H groups in total. The minimum atomic E-state index is -0.311. The van der Waals surface area contributed by atoms with Crippen molar-refractivity contribution < 1.29 is 14.3 Å². The predicted octanol–water partition coefficient (Wildman–Crippen LogP) is 3.85. The van der Waals surface area contributed by atoms with Crippen molar-refractivity contribution in [2.75, 3.05) is 0 Å². The lowest BCUT2D eigenvalue weighted by Crippen LogP contribution is -2.33. The van der Waals surface area contributed by atoms with Crippen LogP contribution in [0.15, 0.2) is 12.2 Å². The topological polar surface area (TPSA) is 59.4 Å². The summed E-state index contributed by atoms with van der Waals surface area (Å²) in [5.74, 6) is 0.0524. The molecule has 1 aliphatic rings. The van der Waals surface area contributed by atoms with Crippen LogP contribution in [-0.2, 0) is 14.3 Å². The first-order chi connectivity index (χ1) is 9.26. The van der Waals surface area contributed by atoms with Gasteiger partial charge in [-0.05, 0) is 39.0 Å². The second-order valence-corrected chi connectivity index (χ2v) is 6.27. The fourth-order valence-electron chi connectivity index (χ4n) is 2.01. The van der Waals surface area contributed by atoms with Crippen LogP contribution >= 0.6 is 0 Å². The first-order valence-electron chi connectivity index (χ1n) is 7.38. The summed E-state index contributed by atoms with van der Waals surface area (Å²) in [5.41, 5.74) is 0.235. The summed E-state index contributed by atoms with van der Waals surface area (Å²) in [5, 5.41) is 8.03. The Hall–Kier alpha value is -1.32. The van der Waals surface area contributed by atoms with Gasteiger partial charge in [-0.2, -0.15) is 0 Å². The molecule has 0 atom stereocenters. The highest BCUT2D eigenvalue weighted by atomic mass is 16.5. The molecule has 20 heavy (non-hydrogen) atoms. The van der Waals surface area contributed by atoms with E-state index in [0.717, 1.165) is 32.1 Å². The maximum absolute atomic E-state index is 11.5. The number of hydrogen-bond donors (Lipinski definition) is 1. The number of rotatable bonds is 5. The molecule has 0 spiro atoms. The minimum Gasteiger partial charge on any atom is -0.477 e. The van der Waals surface area contributed by atoms with E-state index >= 15 is 0 Å². The lowest BCUT2D eigenvalue weighted by molar-refractivity contribution is -0.146. The van der Waals surface area contributed by atoms with Crippen LogP contribution in [0.2, 0.25) is 0 Å². The summed E-state index contributed by atoms with van der Waals surface area (Å²) in [6.45, 7) is 11.4. The lowest BCUT2D eigenvalue weighted by Gasteiger charge is -2.32. The second-order valence-electron chi connectivity index (χ2n) is 6.27. The van der Waals surface area contributed by atoms with E-state index in [1.807, 2.05) is 13.8 Å². The van der Waals surface area contributed by atoms with Gasteiger partial charge in [0.2, 0.25) is 0 Å². The van der Waals surface area contributed by atoms with Gasteiger partial charge in [-0.15, -0.1) is 0 Å². The van der Waals surface area contributed by atoms with Crippen molar-refractivity contribution in [1.29, 1.82) is 5.41 Å². The third-order valence-corrected chi connectivity index (χ3v) is 4.03. The number of carbonyl (C=O) groups is 1. The quantitative estimate of drug-likeness (QED) is 0.360. The van der Waals surface area contributed by atoms with Crippen molar-refractivity contribution in [3.63, 3.8) is 0 Å². The molecule has 1 aliphatic carbocycles. The zero-order valence-electron chi connectivity index (χ0n) is 13.1. The molecule has 0 heterocycles. The van der Waals surface area contributed by atoms with E-state index in [0.29, 0.717) is 11.5 Å². The summed E-state index contributed by atoms with van der Waals surface area (Å²) in [6.07, 6.45) is 4.18. The summed E-state index contributed by atoms with van der Waals surface area (Å²) >= 11 is 0. The number of ether oxygens (including phenoxy) is 2. The molecule has 4 nitrogen and oxygen atoms in total. The van der Waals surface area contributed by atoms with E-state index in [1.165, 1.54) is 0 Å². The zero-order valence-corrected chi connectivity index (χ0v) is 13.1. The molecule has 0 radical (unpaired) electrons. The van der Waals surface area contributed by atoms with Crippen LogP contribution < -0.4 is 0 Å². The van der Waals surface area contributed by atoms with Gasteiger partial charge in [0.05, 0.1) is 0 Å². The Morgan fingerprint density at radius 2 is 1.65 bits per heavy atom. The van der Waals surface area contributed by atoms with Crippen LogP contribution in [0.1, 0.15) is 59.8 Å². The van der Waals surface area contributed by atoms with E-state index in [2.05, 4.69) is 13.5 Å². The fourth-order valence-corrected chi connectivity index (χ4v) is 2.01. The molecular formula is C16H27NO3. The van der Waals surface area contributed by atoms with Gasteiger partial charge < -0.3 is 9.47 Å². The molecule has 0 aromatic rings. The Balaban J connectivity index is 2.38. The summed E-state index contributed by atoms with van der Waals surface area (Å²) in [4.78, 5) is 11.5. The minimum absolute atomic E-state index is 0.0348. The average molecular weight is 281 g/mol. The van der Waals surface area contributed by atoms with Crippen molar-refractivity contribution in [3.05, 3.63) is 12.2 Å². The van der Waals surface area contributed by atoms with E-state index in [4.69, 9.17) is 14.9 Å². The molecule has 0 aromatic carbocycles. The van der Waals surface area contributed by atoms with Gasteiger partial charge in [0.15, 0.2) is 5.90 Å². The van der Waals surface area contributed by atoms with Gasteiger partial charge in [-0.25, -0.2) is 4.79 Å². The summed E-state index contributed by atoms with van der Waals surface area (Å²) < 4.78 is 11.1. The normalized spacial score (nSPS) is 23.0. The average Bonchev–Trinajstić information content (AvgIpc) is 2.40. The highest BCUT2D eigenvalue weighted by Crippen LogP contribution is 2.28. The number of esters is 1. The van der Waals surface area contributed by atoms with Gasteiger partial charge in [0, 0.05) is 11.0 Å². The van der Waals surface area contributed by atoms with Crippen molar-refractivity contribution in [1.82, 2.24) is 0 Å². The first-order valence-corrected chi connectivity index (χ1v) is 7.38. The van der Waals surface area contributed by atoms with Crippen molar-refractivity contribution in [2.45, 2.75) is 72.0 Å². The molecule has 4 heteroatoms. The largest absolute Gasteiger partial charge is 0.477 e. The smallest absolute Gasteiger partial charge is 0.333 e. The second kappa shape index (κ2) is 6.91. The Bertz CT molecular complexity index is 379. The van der Waals surface area contributed by atoms with Crippen LogP contribution in [0.3, 0.4) is 0 Å². The Morgan fingerprint density at radius 1 is 1.20 bits per heavy atom. The van der Waals surface area contributed by atoms with Crippen LogP contribution in [0.5, 0.6) is 0 Å². The molecule has 0 aliphatic heterocycles. The van der Waals surface area contributed by atoms with Crippen LogP contribution in [0.25, 0.3) is 0 Å². The predicted molar refractivity (Wildman–Crippen MR) is 79.8 cm³/mol. The molecule has 0 saturated heterocycles. The highest BCUT2D eigenvalue weighted by Gasteiger charge is 2.29. The third-order valence-electron chi connectivity index (χ3n) is 4.03. The molecule has 0 unspecified atom stereocenters. The monoisotopic (exact) mass is 281 g/mol. The molecule has 0 aromatic heterocycles. The van der Waals surface area contributed by atoms with Gasteiger partial charge in [0.1, 0.15) is 12.2 Å². The molecule has 114 valence electrons. The van der Waals surface area contributed by atoms with Crippen LogP contribution in [0, 0.1) is 10.8 Å². The maximum atomic E-state index is 11.5. The third kappa shape index (κ3) is 4.66. The number of carbonyl (C=O) groups excluding carboxylic acids is 1. The molecular weight excluding hydrogens is 254 g/mol. The first kappa shape index (κ1) is 16.7. The van der Waals surface area contributed by atoms with E-state index in [1.54, 1.807) is 6.92 Å². The SMILES string of the molecule is C=C(C)C(=O)OC1CCC(OC(=N)C(C)(C)CC)CC1. The van der Waals surface area contributed by atoms with Crippen molar-refractivity contribution in [2.24, 2.45) is 5.41 Å². The van der Waals surface area contributed by atoms with Gasteiger partial charge in [-0.1, -0.05) is 27.4 Å². The van der Waals surface area contributed by atoms with Crippen LogP contribution in [-0.4, -0.2) is 24.1 Å². The highest BCUT2D eigenvalue weighted by molar-refractivity contribution is 5.87. The van der Waals surface area contributed by atoms with Crippen molar-refractivity contribution in [3.8, 4) is 0 Å². The molecule has 1 rings (SSSR count). The van der Waals surface area contributed by atoms with E-state index < -0.39 is 0 Å². The fraction of sp³-hybridized carbons (Fsp3) is 0.750. The van der Waals surface area contributed by atoms with E-state index in [9.17, 15) is 4.79 Å². The Kier molecular flexibility index (Phi) is 5.78. The standard InChI is InChI=1S/C16H27NO3/c1-6-16(4,5)15(17)20-13-9-7-12(8-10-13)19-14(18)11(2)3/h12-13,17H,2,6-10H2,1,3-5H3.